The zero-order chi connectivity index (χ0) is 14.8. The lowest BCUT2D eigenvalue weighted by molar-refractivity contribution is -0.0221. The molecular weight excluding hydrogens is 260 g/mol. The number of carboxylic acids is 1. The number of carboxylic acid groups (broad SMARTS) is 1. The molecule has 0 spiro atoms. The molecule has 0 radical (unpaired) electrons. The Kier molecular flexibility index (Phi) is 3.85. The average molecular weight is 276 g/mol. The third-order valence-corrected chi connectivity index (χ3v) is 2.86. The van der Waals surface area contributed by atoms with Crippen molar-refractivity contribution in [1.29, 1.82) is 0 Å². The Balaban J connectivity index is 2.42. The molecule has 0 atom stereocenters. The normalized spacial score (nSPS) is 11.6. The molecule has 2 rings (SSSR count). The number of benzene rings is 1. The molecule has 1 heterocycles. The fraction of sp³-hybridized carbons (Fsp3) is 0.357. The molecule has 0 amide bonds. The van der Waals surface area contributed by atoms with Crippen molar-refractivity contribution in [3.63, 3.8) is 0 Å². The summed E-state index contributed by atoms with van der Waals surface area (Å²) < 4.78 is 10.7. The van der Waals surface area contributed by atoms with Crippen molar-refractivity contribution in [3.8, 4) is 11.5 Å². The molecule has 0 aliphatic rings. The number of nitrogens with zero attached hydrogens (tertiary/aromatic N) is 2. The van der Waals surface area contributed by atoms with Crippen LogP contribution in [0.4, 0.5) is 0 Å². The molecular formula is C14H16N2O4. The monoisotopic (exact) mass is 276 g/mol. The largest absolute Gasteiger partial charge is 0.478 e. The number of hydrogen-bond donors (Lipinski definition) is 1. The lowest BCUT2D eigenvalue weighted by Crippen LogP contribution is -2.23. The highest BCUT2D eigenvalue weighted by molar-refractivity contribution is 5.94. The molecule has 0 unspecified atom stereocenters. The van der Waals surface area contributed by atoms with E-state index in [4.69, 9.17) is 14.4 Å². The summed E-state index contributed by atoms with van der Waals surface area (Å²) >= 11 is 0. The van der Waals surface area contributed by atoms with Crippen LogP contribution in [0.3, 0.4) is 0 Å². The van der Waals surface area contributed by atoms with Gasteiger partial charge in [0.1, 0.15) is 5.60 Å². The molecule has 2 aromatic rings. The standard InChI is InChI=1S/C14H16N2O4/c1-4-19-14(2,3)13-15-11(20-16-13)9-7-5-6-8-10(9)12(17)18/h5-8H,4H2,1-3H3,(H,17,18). The minimum absolute atomic E-state index is 0.122. The summed E-state index contributed by atoms with van der Waals surface area (Å²) in [5, 5.41) is 13.0. The van der Waals surface area contributed by atoms with Crippen molar-refractivity contribution in [3.05, 3.63) is 35.7 Å². The number of ether oxygens (including phenoxy) is 1. The summed E-state index contributed by atoms with van der Waals surface area (Å²) in [5.41, 5.74) is -0.169. The van der Waals surface area contributed by atoms with Gasteiger partial charge < -0.3 is 14.4 Å². The molecule has 106 valence electrons. The van der Waals surface area contributed by atoms with Gasteiger partial charge in [-0.05, 0) is 32.9 Å². The predicted molar refractivity (Wildman–Crippen MR) is 71.3 cm³/mol. The zero-order valence-electron chi connectivity index (χ0n) is 11.6. The van der Waals surface area contributed by atoms with Gasteiger partial charge in [-0.25, -0.2) is 4.79 Å². The molecule has 20 heavy (non-hydrogen) atoms. The summed E-state index contributed by atoms with van der Waals surface area (Å²) in [6, 6.07) is 6.50. The van der Waals surface area contributed by atoms with Crippen LogP contribution >= 0.6 is 0 Å². The van der Waals surface area contributed by atoms with E-state index in [9.17, 15) is 4.79 Å². The highest BCUT2D eigenvalue weighted by Gasteiger charge is 2.28. The first kappa shape index (κ1) is 14.2. The third kappa shape index (κ3) is 2.70. The third-order valence-electron chi connectivity index (χ3n) is 2.86. The smallest absolute Gasteiger partial charge is 0.336 e. The van der Waals surface area contributed by atoms with Gasteiger partial charge in [0.15, 0.2) is 0 Å². The SMILES string of the molecule is CCOC(C)(C)c1noc(-c2ccccc2C(=O)O)n1. The Morgan fingerprint density at radius 3 is 2.75 bits per heavy atom. The molecule has 1 N–H and O–H groups in total. The topological polar surface area (TPSA) is 85.5 Å². The average Bonchev–Trinajstić information content (AvgIpc) is 2.89. The van der Waals surface area contributed by atoms with Crippen molar-refractivity contribution < 1.29 is 19.2 Å². The Labute approximate surface area is 116 Å². The molecule has 0 saturated heterocycles. The van der Waals surface area contributed by atoms with Gasteiger partial charge in [0.2, 0.25) is 5.82 Å². The summed E-state index contributed by atoms with van der Waals surface area (Å²) in [6.07, 6.45) is 0. The summed E-state index contributed by atoms with van der Waals surface area (Å²) in [6.45, 7) is 6.05. The minimum Gasteiger partial charge on any atom is -0.478 e. The van der Waals surface area contributed by atoms with Gasteiger partial charge >= 0.3 is 5.97 Å². The van der Waals surface area contributed by atoms with Crippen LogP contribution in [-0.4, -0.2) is 27.8 Å². The van der Waals surface area contributed by atoms with E-state index >= 15 is 0 Å². The van der Waals surface area contributed by atoms with Gasteiger partial charge in [-0.3, -0.25) is 0 Å². The van der Waals surface area contributed by atoms with Gasteiger partial charge in [-0.15, -0.1) is 0 Å². The molecule has 0 saturated carbocycles. The highest BCUT2D eigenvalue weighted by atomic mass is 16.5. The predicted octanol–water partition coefficient (Wildman–Crippen LogP) is 2.71. The van der Waals surface area contributed by atoms with Crippen LogP contribution in [0.2, 0.25) is 0 Å². The van der Waals surface area contributed by atoms with Gasteiger partial charge in [0, 0.05) is 6.61 Å². The Bertz CT molecular complexity index is 619. The maximum Gasteiger partial charge on any atom is 0.336 e. The molecule has 0 aliphatic carbocycles. The maximum absolute atomic E-state index is 11.2. The van der Waals surface area contributed by atoms with Crippen LogP contribution in [0.5, 0.6) is 0 Å². The first-order chi connectivity index (χ1) is 9.45. The summed E-state index contributed by atoms with van der Waals surface area (Å²) in [4.78, 5) is 15.4. The van der Waals surface area contributed by atoms with E-state index in [0.717, 1.165) is 0 Å². The second-order valence-electron chi connectivity index (χ2n) is 4.72. The second-order valence-corrected chi connectivity index (χ2v) is 4.72. The van der Waals surface area contributed by atoms with E-state index in [-0.39, 0.29) is 11.5 Å². The van der Waals surface area contributed by atoms with Crippen LogP contribution in [-0.2, 0) is 10.3 Å². The van der Waals surface area contributed by atoms with E-state index in [0.29, 0.717) is 18.0 Å². The van der Waals surface area contributed by atoms with Crippen LogP contribution in [0.1, 0.15) is 37.0 Å². The van der Waals surface area contributed by atoms with Gasteiger partial charge in [-0.1, -0.05) is 17.3 Å². The van der Waals surface area contributed by atoms with Crippen molar-refractivity contribution in [2.45, 2.75) is 26.4 Å². The van der Waals surface area contributed by atoms with Gasteiger partial charge in [0.05, 0.1) is 11.1 Å². The Morgan fingerprint density at radius 2 is 2.10 bits per heavy atom. The Hall–Kier alpha value is -2.21. The molecule has 6 nitrogen and oxygen atoms in total. The number of aromatic carboxylic acids is 1. The van der Waals surface area contributed by atoms with Gasteiger partial charge in [-0.2, -0.15) is 4.98 Å². The van der Waals surface area contributed by atoms with E-state index < -0.39 is 11.6 Å². The van der Waals surface area contributed by atoms with E-state index in [1.807, 2.05) is 20.8 Å². The molecule has 0 bridgehead atoms. The van der Waals surface area contributed by atoms with E-state index in [1.54, 1.807) is 18.2 Å². The molecule has 0 fully saturated rings. The maximum atomic E-state index is 11.2. The number of aromatic nitrogens is 2. The second kappa shape index (κ2) is 5.42. The van der Waals surface area contributed by atoms with Crippen molar-refractivity contribution in [2.24, 2.45) is 0 Å². The highest BCUT2D eigenvalue weighted by Crippen LogP contribution is 2.27. The Morgan fingerprint density at radius 1 is 1.40 bits per heavy atom. The zero-order valence-corrected chi connectivity index (χ0v) is 11.6. The number of hydrogen-bond acceptors (Lipinski definition) is 5. The first-order valence-electron chi connectivity index (χ1n) is 6.26. The molecule has 6 heteroatoms. The molecule has 1 aromatic heterocycles. The number of carbonyl (C=O) groups is 1. The van der Waals surface area contributed by atoms with Crippen LogP contribution in [0.25, 0.3) is 11.5 Å². The fourth-order valence-corrected chi connectivity index (χ4v) is 1.86. The summed E-state index contributed by atoms with van der Waals surface area (Å²) in [5.74, 6) is -0.482. The van der Waals surface area contributed by atoms with Crippen LogP contribution in [0.15, 0.2) is 28.8 Å². The first-order valence-corrected chi connectivity index (χ1v) is 6.26. The van der Waals surface area contributed by atoms with Crippen LogP contribution < -0.4 is 0 Å². The molecule has 1 aromatic carbocycles. The fourth-order valence-electron chi connectivity index (χ4n) is 1.86. The van der Waals surface area contributed by atoms with Crippen molar-refractivity contribution in [2.75, 3.05) is 6.61 Å². The lowest BCUT2D eigenvalue weighted by Gasteiger charge is -2.19. The lowest BCUT2D eigenvalue weighted by atomic mass is 10.1. The van der Waals surface area contributed by atoms with Crippen LogP contribution in [0, 0.1) is 0 Å². The molecule has 0 aliphatic heterocycles. The summed E-state index contributed by atoms with van der Waals surface area (Å²) in [7, 11) is 0. The van der Waals surface area contributed by atoms with Gasteiger partial charge in [0.25, 0.3) is 5.89 Å². The quantitative estimate of drug-likeness (QED) is 0.903. The van der Waals surface area contributed by atoms with E-state index in [1.165, 1.54) is 6.07 Å². The van der Waals surface area contributed by atoms with Crippen molar-refractivity contribution in [1.82, 2.24) is 10.1 Å². The van der Waals surface area contributed by atoms with Crippen molar-refractivity contribution >= 4 is 5.97 Å². The minimum atomic E-state index is -1.04. The van der Waals surface area contributed by atoms with E-state index in [2.05, 4.69) is 10.1 Å². The number of rotatable bonds is 5.